The Hall–Kier alpha value is -2.87. The summed E-state index contributed by atoms with van der Waals surface area (Å²) in [5.41, 5.74) is 2.29. The fourth-order valence-electron chi connectivity index (χ4n) is 3.13. The lowest BCUT2D eigenvalue weighted by Crippen LogP contribution is -2.37. The monoisotopic (exact) mass is 385 g/mol. The maximum atomic E-state index is 12.8. The predicted molar refractivity (Wildman–Crippen MR) is 110 cm³/mol. The largest absolute Gasteiger partial charge is 0.382 e. The molecule has 150 valence electrons. The van der Waals surface area contributed by atoms with Crippen molar-refractivity contribution in [1.29, 1.82) is 0 Å². The molecule has 3 rings (SSSR count). The summed E-state index contributed by atoms with van der Waals surface area (Å²) in [5.74, 6) is 0.574. The van der Waals surface area contributed by atoms with Gasteiger partial charge in [0.05, 0.1) is 6.54 Å². The molecule has 0 fully saturated rings. The summed E-state index contributed by atoms with van der Waals surface area (Å²) >= 11 is 0. The second-order valence-electron chi connectivity index (χ2n) is 6.86. The van der Waals surface area contributed by atoms with Crippen LogP contribution >= 0.6 is 0 Å². The third-order valence-corrected chi connectivity index (χ3v) is 4.76. The van der Waals surface area contributed by atoms with E-state index in [9.17, 15) is 9.59 Å². The zero-order valence-electron chi connectivity index (χ0n) is 16.9. The Balaban J connectivity index is 2.05. The third kappa shape index (κ3) is 3.87. The van der Waals surface area contributed by atoms with Crippen LogP contribution in [0.2, 0.25) is 0 Å². The van der Waals surface area contributed by atoms with Gasteiger partial charge in [0, 0.05) is 33.9 Å². The number of fused-ring (bicyclic) bond motifs is 1. The SMILES string of the molecule is CCOCCCNc1nc2c(c(=O)n(C)c(=O)n2C)n1Cc1ccc(C)cc1. The standard InChI is InChI=1S/C20H27N5O3/c1-5-28-12-6-11-21-19-22-17-16(18(26)24(4)20(27)23(17)3)25(19)13-15-9-7-14(2)8-10-15/h7-10H,5-6,11-13H2,1-4H3,(H,21,22). The van der Waals surface area contributed by atoms with Gasteiger partial charge in [0.25, 0.3) is 5.56 Å². The normalized spacial score (nSPS) is 11.3. The van der Waals surface area contributed by atoms with Gasteiger partial charge in [-0.05, 0) is 25.8 Å². The molecule has 1 N–H and O–H groups in total. The Morgan fingerprint density at radius 3 is 2.50 bits per heavy atom. The maximum Gasteiger partial charge on any atom is 0.332 e. The molecule has 0 radical (unpaired) electrons. The molecular weight excluding hydrogens is 358 g/mol. The van der Waals surface area contributed by atoms with E-state index >= 15 is 0 Å². The Labute approximate surface area is 163 Å². The highest BCUT2D eigenvalue weighted by Gasteiger charge is 2.19. The average Bonchev–Trinajstić information content (AvgIpc) is 3.04. The first-order valence-electron chi connectivity index (χ1n) is 9.47. The number of rotatable bonds is 8. The smallest absolute Gasteiger partial charge is 0.332 e. The summed E-state index contributed by atoms with van der Waals surface area (Å²) < 4.78 is 9.75. The molecule has 0 bridgehead atoms. The van der Waals surface area contributed by atoms with Crippen LogP contribution in [0.4, 0.5) is 5.95 Å². The summed E-state index contributed by atoms with van der Waals surface area (Å²) in [6.45, 7) is 6.48. The third-order valence-electron chi connectivity index (χ3n) is 4.76. The molecule has 1 aromatic carbocycles. The van der Waals surface area contributed by atoms with Gasteiger partial charge in [-0.3, -0.25) is 18.5 Å². The summed E-state index contributed by atoms with van der Waals surface area (Å²) in [7, 11) is 3.12. The highest BCUT2D eigenvalue weighted by Crippen LogP contribution is 2.18. The van der Waals surface area contributed by atoms with Crippen molar-refractivity contribution >= 4 is 17.1 Å². The van der Waals surface area contributed by atoms with Crippen molar-refractivity contribution in [3.05, 3.63) is 56.2 Å². The van der Waals surface area contributed by atoms with Crippen LogP contribution in [-0.2, 0) is 25.4 Å². The number of nitrogens with one attached hydrogen (secondary N) is 1. The molecule has 28 heavy (non-hydrogen) atoms. The first kappa shape index (κ1) is 19.9. The molecule has 0 saturated carbocycles. The van der Waals surface area contributed by atoms with Gasteiger partial charge in [-0.15, -0.1) is 0 Å². The number of aryl methyl sites for hydroxylation is 2. The first-order chi connectivity index (χ1) is 13.4. The molecule has 3 aromatic rings. The number of imidazole rings is 1. The second-order valence-corrected chi connectivity index (χ2v) is 6.86. The van der Waals surface area contributed by atoms with Gasteiger partial charge >= 0.3 is 5.69 Å². The van der Waals surface area contributed by atoms with Crippen LogP contribution in [0.5, 0.6) is 0 Å². The number of ether oxygens (including phenoxy) is 1. The van der Waals surface area contributed by atoms with Crippen molar-refractivity contribution in [3.8, 4) is 0 Å². The molecule has 2 aromatic heterocycles. The van der Waals surface area contributed by atoms with E-state index in [0.29, 0.717) is 43.4 Å². The van der Waals surface area contributed by atoms with Crippen LogP contribution in [-0.4, -0.2) is 38.4 Å². The summed E-state index contributed by atoms with van der Waals surface area (Å²) in [6.07, 6.45) is 0.818. The van der Waals surface area contributed by atoms with E-state index in [-0.39, 0.29) is 11.2 Å². The molecule has 2 heterocycles. The van der Waals surface area contributed by atoms with Crippen LogP contribution in [0.25, 0.3) is 11.2 Å². The zero-order chi connectivity index (χ0) is 20.3. The van der Waals surface area contributed by atoms with E-state index in [0.717, 1.165) is 16.6 Å². The van der Waals surface area contributed by atoms with Crippen molar-refractivity contribution in [1.82, 2.24) is 18.7 Å². The van der Waals surface area contributed by atoms with E-state index in [1.54, 1.807) is 7.05 Å². The summed E-state index contributed by atoms with van der Waals surface area (Å²) in [4.78, 5) is 29.7. The highest BCUT2D eigenvalue weighted by molar-refractivity contribution is 5.74. The molecule has 0 amide bonds. The second kappa shape index (κ2) is 8.43. The van der Waals surface area contributed by atoms with Crippen LogP contribution in [0.3, 0.4) is 0 Å². The molecule has 0 atom stereocenters. The number of aromatic nitrogens is 4. The minimum Gasteiger partial charge on any atom is -0.382 e. The maximum absolute atomic E-state index is 12.8. The molecule has 0 aliphatic carbocycles. The number of hydrogen-bond donors (Lipinski definition) is 1. The van der Waals surface area contributed by atoms with E-state index in [4.69, 9.17) is 4.74 Å². The van der Waals surface area contributed by atoms with Gasteiger partial charge in [0.2, 0.25) is 5.95 Å². The van der Waals surface area contributed by atoms with Gasteiger partial charge in [-0.25, -0.2) is 4.79 Å². The average molecular weight is 385 g/mol. The lowest BCUT2D eigenvalue weighted by molar-refractivity contribution is 0.147. The fraction of sp³-hybridized carbons (Fsp3) is 0.450. The highest BCUT2D eigenvalue weighted by atomic mass is 16.5. The van der Waals surface area contributed by atoms with E-state index in [1.807, 2.05) is 42.7 Å². The quantitative estimate of drug-likeness (QED) is 0.596. The van der Waals surface area contributed by atoms with Gasteiger partial charge in [-0.2, -0.15) is 4.98 Å². The topological polar surface area (TPSA) is 83.1 Å². The minimum absolute atomic E-state index is 0.347. The molecular formula is C20H27N5O3. The molecule has 0 saturated heterocycles. The lowest BCUT2D eigenvalue weighted by Gasteiger charge is -2.11. The molecule has 0 spiro atoms. The number of hydrogen-bond acceptors (Lipinski definition) is 5. The zero-order valence-corrected chi connectivity index (χ0v) is 16.9. The fourth-order valence-corrected chi connectivity index (χ4v) is 3.13. The molecule has 8 nitrogen and oxygen atoms in total. The summed E-state index contributed by atoms with van der Waals surface area (Å²) in [5, 5.41) is 3.29. The van der Waals surface area contributed by atoms with Gasteiger partial charge in [0.15, 0.2) is 11.2 Å². The van der Waals surface area contributed by atoms with Crippen molar-refractivity contribution < 1.29 is 4.74 Å². The van der Waals surface area contributed by atoms with Gasteiger partial charge in [0.1, 0.15) is 0 Å². The van der Waals surface area contributed by atoms with Crippen molar-refractivity contribution in [3.63, 3.8) is 0 Å². The first-order valence-corrected chi connectivity index (χ1v) is 9.47. The Morgan fingerprint density at radius 1 is 1.11 bits per heavy atom. The molecule has 0 aliphatic rings. The van der Waals surface area contributed by atoms with E-state index < -0.39 is 0 Å². The van der Waals surface area contributed by atoms with Crippen molar-refractivity contribution in [2.45, 2.75) is 26.8 Å². The number of benzene rings is 1. The van der Waals surface area contributed by atoms with Crippen LogP contribution in [0.1, 0.15) is 24.5 Å². The lowest BCUT2D eigenvalue weighted by atomic mass is 10.1. The molecule has 0 aliphatic heterocycles. The van der Waals surface area contributed by atoms with E-state index in [1.165, 1.54) is 17.2 Å². The minimum atomic E-state index is -0.389. The predicted octanol–water partition coefficient (Wildman–Crippen LogP) is 1.63. The molecule has 0 unspecified atom stereocenters. The Morgan fingerprint density at radius 2 is 1.82 bits per heavy atom. The molecule has 8 heteroatoms. The number of anilines is 1. The number of nitrogens with zero attached hydrogens (tertiary/aromatic N) is 4. The van der Waals surface area contributed by atoms with Crippen LogP contribution < -0.4 is 16.6 Å². The Bertz CT molecular complexity index is 1080. The van der Waals surface area contributed by atoms with Gasteiger partial charge in [-0.1, -0.05) is 29.8 Å². The van der Waals surface area contributed by atoms with Crippen LogP contribution in [0, 0.1) is 6.92 Å². The van der Waals surface area contributed by atoms with Crippen LogP contribution in [0.15, 0.2) is 33.9 Å². The van der Waals surface area contributed by atoms with E-state index in [2.05, 4.69) is 10.3 Å². The van der Waals surface area contributed by atoms with Gasteiger partial charge < -0.3 is 10.1 Å². The van der Waals surface area contributed by atoms with Crippen molar-refractivity contribution in [2.75, 3.05) is 25.1 Å². The summed E-state index contributed by atoms with van der Waals surface area (Å²) in [6, 6.07) is 8.15. The van der Waals surface area contributed by atoms with Crippen molar-refractivity contribution in [2.24, 2.45) is 14.1 Å². The Kier molecular flexibility index (Phi) is 5.99.